The summed E-state index contributed by atoms with van der Waals surface area (Å²) in [7, 11) is 0. The lowest BCUT2D eigenvalue weighted by atomic mass is 9.48. The van der Waals surface area contributed by atoms with Gasteiger partial charge in [0.15, 0.2) is 6.71 Å². The maximum Gasteiger partial charge on any atom is 0.328 e. The number of anilines is 1. The number of aliphatic hydroxyl groups excluding tert-OH is 3. The van der Waals surface area contributed by atoms with Crippen LogP contribution in [0.5, 0.6) is 17.2 Å². The highest BCUT2D eigenvalue weighted by molar-refractivity contribution is 6.74. The Labute approximate surface area is 575 Å². The Bertz CT molecular complexity index is 3310. The van der Waals surface area contributed by atoms with Crippen molar-refractivity contribution in [1.29, 1.82) is 0 Å². The van der Waals surface area contributed by atoms with Crippen molar-refractivity contribution in [1.82, 2.24) is 0 Å². The summed E-state index contributed by atoms with van der Waals surface area (Å²) in [5, 5.41) is 26.2. The standard InChI is InChI=1S/2C12H18BNO3.C11H15BO3.3C10H13BO.C9H12BN/c2*1-13-12-9(11(8-14)17-13)4-2-5-10(12)16-7-3-6-15;1-12-11-9(8-15-12)4-2-5-10(11)14-7-3-6-13;3*1-3-10-8-6-4-5-7-9(8)11(2)12-10;1-10-5-4-7-2-3-8(11)6-9(7)10/h2*2,4-5,11,15H,3,6-8,14H2,1H3;2,4-5,13H,3,6-8H2,1H3;3*4-7,10H,3H2,1-2H3;2-3,6H,4-5,11H2,1H3/t11-;;;2*10-;;/m1..10../s1. The first-order valence-electron chi connectivity index (χ1n) is 35.1. The molecule has 0 spiro atoms. The number of nitrogen functional groups attached to an aromatic ring is 1. The molecule has 9 N–H and O–H groups in total. The van der Waals surface area contributed by atoms with Crippen LogP contribution in [-0.4, -0.2) is 116 Å². The van der Waals surface area contributed by atoms with E-state index in [1.54, 1.807) is 0 Å². The fraction of sp³-hybridized carbons (Fsp3) is 0.432. The molecule has 0 radical (unpaired) electrons. The molecule has 0 bridgehead atoms. The second-order valence-electron chi connectivity index (χ2n) is 25.4. The van der Waals surface area contributed by atoms with E-state index in [9.17, 15) is 0 Å². The summed E-state index contributed by atoms with van der Waals surface area (Å²) in [5.41, 5.74) is 36.0. The highest BCUT2D eigenvalue weighted by atomic mass is 16.5. The average Bonchev–Trinajstić information content (AvgIpc) is 1.66. The fourth-order valence-electron chi connectivity index (χ4n) is 13.8. The van der Waals surface area contributed by atoms with E-state index in [1.807, 2.05) is 75.1 Å². The molecule has 14 rings (SSSR count). The van der Waals surface area contributed by atoms with Gasteiger partial charge in [0.1, 0.15) is 17.2 Å². The van der Waals surface area contributed by atoms with Gasteiger partial charge < -0.3 is 74.7 Å². The van der Waals surface area contributed by atoms with Gasteiger partial charge in [-0.1, -0.05) is 201 Å². The molecule has 0 aromatic heterocycles. The molecule has 7 aromatic rings. The predicted molar refractivity (Wildman–Crippen MR) is 401 cm³/mol. The molecule has 0 amide bonds. The Kier molecular flexibility index (Phi) is 30.1. The smallest absolute Gasteiger partial charge is 0.328 e. The first kappa shape index (κ1) is 75.5. The number of hydrogen-bond acceptors (Lipinski definition) is 15. The second kappa shape index (κ2) is 38.2. The molecule has 0 saturated carbocycles. The number of hydrogen-bond donors (Lipinski definition) is 6. The first-order valence-corrected chi connectivity index (χ1v) is 35.1. The van der Waals surface area contributed by atoms with Crippen LogP contribution in [0, 0.1) is 0 Å². The molecule has 7 aliphatic heterocycles. The minimum absolute atomic E-state index is 0.0175. The van der Waals surface area contributed by atoms with E-state index in [-0.39, 0.29) is 73.5 Å². The Balaban J connectivity index is 0.000000144. The zero-order valence-electron chi connectivity index (χ0n) is 58.6. The summed E-state index contributed by atoms with van der Waals surface area (Å²) < 4.78 is 51.4. The molecule has 0 aliphatic carbocycles. The van der Waals surface area contributed by atoms with Crippen molar-refractivity contribution >= 4 is 92.1 Å². The predicted octanol–water partition coefficient (Wildman–Crippen LogP) is 8.56. The van der Waals surface area contributed by atoms with Crippen LogP contribution < -0.4 is 69.7 Å². The summed E-state index contributed by atoms with van der Waals surface area (Å²) in [6, 6.07) is 49.7. The highest BCUT2D eigenvalue weighted by Gasteiger charge is 2.36. The van der Waals surface area contributed by atoms with Crippen molar-refractivity contribution in [3.63, 3.8) is 0 Å². The van der Waals surface area contributed by atoms with Crippen LogP contribution in [0.25, 0.3) is 0 Å². The third kappa shape index (κ3) is 19.3. The Morgan fingerprint density at radius 3 is 1.18 bits per heavy atom. The maximum atomic E-state index is 8.75. The average molecular weight is 1300 g/mol. The monoisotopic (exact) mass is 1300 g/mol. The molecule has 7 aromatic carbocycles. The van der Waals surface area contributed by atoms with Crippen molar-refractivity contribution < 1.29 is 57.5 Å². The lowest BCUT2D eigenvalue weighted by Gasteiger charge is -2.11. The van der Waals surface area contributed by atoms with Crippen LogP contribution in [0.4, 0.5) is 5.69 Å². The Morgan fingerprint density at radius 2 is 0.781 bits per heavy atom. The third-order valence-corrected chi connectivity index (χ3v) is 18.7. The Morgan fingerprint density at radius 1 is 0.406 bits per heavy atom. The lowest BCUT2D eigenvalue weighted by Crippen LogP contribution is -2.26. The van der Waals surface area contributed by atoms with Crippen molar-refractivity contribution in [2.75, 3.05) is 58.5 Å². The third-order valence-electron chi connectivity index (χ3n) is 18.7. The number of rotatable bonds is 17. The SMILES string of the molecule is CB1CCc2ccc(N)cc21.CB1OC(CN)c2cccc(OCCCO)c21.CB1OCc2cccc(OCCCO)c21.CB1O[C@H](CN)c2cccc(OCCCO)c21.CCC1OB(C)c2ccccc21.CC[C@@H]1OB(C)c2ccccc21.CC[C@H]1OB(C)c2ccccc21. The molecule has 5 atom stereocenters. The van der Waals surface area contributed by atoms with E-state index in [0.717, 1.165) is 69.7 Å². The molecule has 7 aliphatic rings. The van der Waals surface area contributed by atoms with Crippen LogP contribution in [-0.2, 0) is 41.0 Å². The second-order valence-corrected chi connectivity index (χ2v) is 25.4. The molecular formula is C74H102B7N3O12. The molecule has 7 heterocycles. The molecule has 96 heavy (non-hydrogen) atoms. The largest absolute Gasteiger partial charge is 0.494 e. The van der Waals surface area contributed by atoms with Gasteiger partial charge in [0.2, 0.25) is 0 Å². The van der Waals surface area contributed by atoms with Crippen LogP contribution >= 0.6 is 0 Å². The van der Waals surface area contributed by atoms with E-state index in [4.69, 9.17) is 74.7 Å². The van der Waals surface area contributed by atoms with Gasteiger partial charge in [0.25, 0.3) is 0 Å². The summed E-state index contributed by atoms with van der Waals surface area (Å²) in [6.07, 6.45) is 8.61. The van der Waals surface area contributed by atoms with Crippen molar-refractivity contribution in [2.45, 2.75) is 157 Å². The Hall–Kier alpha value is -6.25. The summed E-state index contributed by atoms with van der Waals surface area (Å²) in [5.74, 6) is 2.59. The minimum atomic E-state index is -0.0265. The number of fused-ring (bicyclic) bond motifs is 7. The van der Waals surface area contributed by atoms with Crippen LogP contribution in [0.15, 0.2) is 146 Å². The van der Waals surface area contributed by atoms with Gasteiger partial charge in [0.05, 0.1) is 56.9 Å². The zero-order chi connectivity index (χ0) is 68.7. The number of aryl methyl sites for hydroxylation is 1. The highest BCUT2D eigenvalue weighted by Crippen LogP contribution is 2.32. The number of ether oxygens (including phenoxy) is 3. The topological polar surface area (TPSA) is 222 Å². The van der Waals surface area contributed by atoms with Gasteiger partial charge in [-0.05, 0) is 122 Å². The number of aliphatic hydroxyl groups is 3. The van der Waals surface area contributed by atoms with E-state index in [2.05, 4.69) is 139 Å². The summed E-state index contributed by atoms with van der Waals surface area (Å²) in [4.78, 5) is 0. The summed E-state index contributed by atoms with van der Waals surface area (Å²) >= 11 is 0. The normalized spacial score (nSPS) is 18.4. The molecule has 15 nitrogen and oxygen atoms in total. The molecule has 22 heteroatoms. The molecule has 506 valence electrons. The van der Waals surface area contributed by atoms with Crippen LogP contribution in [0.3, 0.4) is 0 Å². The first-order chi connectivity index (χ1) is 46.6. The van der Waals surface area contributed by atoms with Gasteiger partial charge >= 0.3 is 41.5 Å². The lowest BCUT2D eigenvalue weighted by molar-refractivity contribution is 0.221. The fourth-order valence-corrected chi connectivity index (χ4v) is 13.8. The molecule has 2 unspecified atom stereocenters. The maximum absolute atomic E-state index is 8.75. The number of nitrogens with two attached hydrogens (primary N) is 3. The van der Waals surface area contributed by atoms with Gasteiger partial charge in [0, 0.05) is 57.9 Å². The van der Waals surface area contributed by atoms with Crippen LogP contribution in [0.1, 0.15) is 129 Å². The van der Waals surface area contributed by atoms with Crippen molar-refractivity contribution in [2.24, 2.45) is 11.5 Å². The van der Waals surface area contributed by atoms with Crippen molar-refractivity contribution in [3.8, 4) is 17.2 Å². The van der Waals surface area contributed by atoms with E-state index in [0.29, 0.717) is 83.8 Å². The zero-order valence-corrected chi connectivity index (χ0v) is 58.6. The van der Waals surface area contributed by atoms with Gasteiger partial charge in [-0.15, -0.1) is 0 Å². The van der Waals surface area contributed by atoms with E-state index >= 15 is 0 Å². The van der Waals surface area contributed by atoms with Crippen LogP contribution in [0.2, 0.25) is 54.1 Å². The quantitative estimate of drug-likeness (QED) is 0.0286. The van der Waals surface area contributed by atoms with E-state index < -0.39 is 0 Å². The minimum Gasteiger partial charge on any atom is -0.494 e. The number of benzene rings is 7. The van der Waals surface area contributed by atoms with E-state index in [1.165, 1.54) is 62.4 Å². The molecular weight excluding hydrogens is 1200 g/mol. The molecule has 0 fully saturated rings. The summed E-state index contributed by atoms with van der Waals surface area (Å²) in [6.45, 7) is 26.6. The van der Waals surface area contributed by atoms with Gasteiger partial charge in [-0.2, -0.15) is 0 Å². The molecule has 0 saturated heterocycles. The van der Waals surface area contributed by atoms with Gasteiger partial charge in [-0.25, -0.2) is 0 Å². The van der Waals surface area contributed by atoms with Crippen molar-refractivity contribution in [3.05, 3.63) is 185 Å². The van der Waals surface area contributed by atoms with Gasteiger partial charge in [-0.3, -0.25) is 0 Å².